The van der Waals surface area contributed by atoms with Gasteiger partial charge in [0.15, 0.2) is 0 Å². The molecule has 0 aliphatic heterocycles. The lowest BCUT2D eigenvalue weighted by atomic mass is 10.2. The van der Waals surface area contributed by atoms with Crippen molar-refractivity contribution in [3.8, 4) is 0 Å². The number of hydrazone groups is 1. The molecule has 1 aromatic carbocycles. The summed E-state index contributed by atoms with van der Waals surface area (Å²) < 4.78 is 1.81. The van der Waals surface area contributed by atoms with E-state index in [2.05, 4.69) is 20.6 Å². The fourth-order valence-corrected chi connectivity index (χ4v) is 3.12. The maximum Gasteiger partial charge on any atom is 0.271 e. The second-order valence-electron chi connectivity index (χ2n) is 5.88. The number of pyridine rings is 1. The molecule has 0 radical (unpaired) electrons. The van der Waals surface area contributed by atoms with Crippen LogP contribution < -0.4 is 5.43 Å². The zero-order valence-corrected chi connectivity index (χ0v) is 16.3. The zero-order valence-electron chi connectivity index (χ0n) is 14.8. The van der Waals surface area contributed by atoms with Gasteiger partial charge in [0.1, 0.15) is 0 Å². The molecule has 3 rings (SSSR count). The van der Waals surface area contributed by atoms with Crippen LogP contribution in [0, 0.1) is 13.8 Å². The highest BCUT2D eigenvalue weighted by atomic mass is 35.5. The zero-order chi connectivity index (χ0) is 19.4. The average molecular weight is 402 g/mol. The van der Waals surface area contributed by atoms with Crippen LogP contribution in [0.15, 0.2) is 47.8 Å². The van der Waals surface area contributed by atoms with E-state index in [-0.39, 0.29) is 5.91 Å². The lowest BCUT2D eigenvalue weighted by Crippen LogP contribution is -2.17. The van der Waals surface area contributed by atoms with Gasteiger partial charge in [0.2, 0.25) is 0 Å². The van der Waals surface area contributed by atoms with Crippen molar-refractivity contribution in [1.82, 2.24) is 20.2 Å². The Kier molecular flexibility index (Phi) is 5.88. The Balaban J connectivity index is 1.77. The second-order valence-corrected chi connectivity index (χ2v) is 6.69. The molecular formula is C19H17Cl2N5O. The number of nitrogens with zero attached hydrogens (tertiary/aromatic N) is 4. The second kappa shape index (κ2) is 8.33. The Bertz CT molecular complexity index is 979. The molecule has 0 aliphatic carbocycles. The lowest BCUT2D eigenvalue weighted by Gasteiger charge is -2.08. The van der Waals surface area contributed by atoms with Crippen LogP contribution in [-0.2, 0) is 6.54 Å². The number of nitrogens with one attached hydrogen (secondary N) is 1. The number of carbonyl (C=O) groups is 1. The lowest BCUT2D eigenvalue weighted by molar-refractivity contribution is 0.0955. The molecule has 0 saturated heterocycles. The highest BCUT2D eigenvalue weighted by Gasteiger charge is 2.13. The standard InChI is InChI=1S/C19H17Cl2N5O/c1-12-15(10-23-24-19(27)14-6-8-22-9-7-14)13(2)26(25-12)11-16-17(20)4-3-5-18(16)21/h3-10H,11H2,1-2H3,(H,24,27)/b23-10-. The van der Waals surface area contributed by atoms with Crippen LogP contribution in [0.1, 0.15) is 32.9 Å². The van der Waals surface area contributed by atoms with E-state index in [1.165, 1.54) is 0 Å². The van der Waals surface area contributed by atoms with Crippen LogP contribution in [-0.4, -0.2) is 26.9 Å². The summed E-state index contributed by atoms with van der Waals surface area (Å²) in [6, 6.07) is 8.63. The number of hydrogen-bond acceptors (Lipinski definition) is 4. The molecule has 2 heterocycles. The molecule has 0 atom stereocenters. The highest BCUT2D eigenvalue weighted by Crippen LogP contribution is 2.26. The molecule has 3 aromatic rings. The molecule has 0 aliphatic rings. The third-order valence-corrected chi connectivity index (χ3v) is 4.82. The molecule has 2 aromatic heterocycles. The van der Waals surface area contributed by atoms with E-state index < -0.39 is 0 Å². The summed E-state index contributed by atoms with van der Waals surface area (Å²) in [5, 5.41) is 9.76. The van der Waals surface area contributed by atoms with E-state index >= 15 is 0 Å². The molecule has 0 bridgehead atoms. The molecule has 0 fully saturated rings. The van der Waals surface area contributed by atoms with Crippen LogP contribution in [0.5, 0.6) is 0 Å². The Morgan fingerprint density at radius 1 is 1.19 bits per heavy atom. The molecule has 1 amide bonds. The number of carbonyl (C=O) groups excluding carboxylic acids is 1. The van der Waals surface area contributed by atoms with Crippen molar-refractivity contribution in [2.45, 2.75) is 20.4 Å². The minimum absolute atomic E-state index is 0.306. The van der Waals surface area contributed by atoms with Gasteiger partial charge in [0.05, 0.1) is 18.5 Å². The number of halogens is 2. The van der Waals surface area contributed by atoms with Gasteiger partial charge in [-0.1, -0.05) is 29.3 Å². The predicted molar refractivity (Wildman–Crippen MR) is 107 cm³/mol. The van der Waals surface area contributed by atoms with Gasteiger partial charge in [0.25, 0.3) is 5.91 Å². The first-order chi connectivity index (χ1) is 13.0. The van der Waals surface area contributed by atoms with Gasteiger partial charge in [-0.3, -0.25) is 14.5 Å². The molecular weight excluding hydrogens is 385 g/mol. The maximum atomic E-state index is 12.0. The Hall–Kier alpha value is -2.70. The number of rotatable bonds is 5. The van der Waals surface area contributed by atoms with Crippen molar-refractivity contribution in [3.05, 3.63) is 80.8 Å². The molecule has 0 spiro atoms. The van der Waals surface area contributed by atoms with E-state index in [0.717, 1.165) is 22.5 Å². The summed E-state index contributed by atoms with van der Waals surface area (Å²) in [4.78, 5) is 15.9. The summed E-state index contributed by atoms with van der Waals surface area (Å²) in [5.74, 6) is -0.306. The van der Waals surface area contributed by atoms with Crippen molar-refractivity contribution >= 4 is 35.3 Å². The van der Waals surface area contributed by atoms with Crippen molar-refractivity contribution in [2.24, 2.45) is 5.10 Å². The van der Waals surface area contributed by atoms with Crippen molar-refractivity contribution in [3.63, 3.8) is 0 Å². The van der Waals surface area contributed by atoms with Crippen molar-refractivity contribution < 1.29 is 4.79 Å². The fraction of sp³-hybridized carbons (Fsp3) is 0.158. The molecule has 27 heavy (non-hydrogen) atoms. The van der Waals surface area contributed by atoms with Crippen molar-refractivity contribution in [2.75, 3.05) is 0 Å². The van der Waals surface area contributed by atoms with E-state index in [0.29, 0.717) is 22.2 Å². The molecule has 8 heteroatoms. The van der Waals surface area contributed by atoms with Gasteiger partial charge < -0.3 is 0 Å². The summed E-state index contributed by atoms with van der Waals surface area (Å²) >= 11 is 12.5. The number of benzene rings is 1. The fourth-order valence-electron chi connectivity index (χ4n) is 2.61. The van der Waals surface area contributed by atoms with Crippen LogP contribution >= 0.6 is 23.2 Å². The largest absolute Gasteiger partial charge is 0.271 e. The van der Waals surface area contributed by atoms with Crippen LogP contribution in [0.25, 0.3) is 0 Å². The van der Waals surface area contributed by atoms with Gasteiger partial charge in [-0.05, 0) is 38.1 Å². The van der Waals surface area contributed by atoms with Crippen molar-refractivity contribution in [1.29, 1.82) is 0 Å². The first kappa shape index (κ1) is 19.1. The smallest absolute Gasteiger partial charge is 0.267 e. The number of amides is 1. The van der Waals surface area contributed by atoms with Gasteiger partial charge in [-0.2, -0.15) is 10.2 Å². The minimum atomic E-state index is -0.306. The summed E-state index contributed by atoms with van der Waals surface area (Å²) in [6.07, 6.45) is 4.69. The highest BCUT2D eigenvalue weighted by molar-refractivity contribution is 6.35. The predicted octanol–water partition coefficient (Wildman–Crippen LogP) is 4.01. The number of hydrogen-bond donors (Lipinski definition) is 1. The van der Waals surface area contributed by atoms with Crippen LogP contribution in [0.3, 0.4) is 0 Å². The van der Waals surface area contributed by atoms with Crippen LogP contribution in [0.2, 0.25) is 10.0 Å². The first-order valence-corrected chi connectivity index (χ1v) is 8.93. The van der Waals surface area contributed by atoms with Gasteiger partial charge >= 0.3 is 0 Å². The summed E-state index contributed by atoms with van der Waals surface area (Å²) in [6.45, 7) is 4.25. The Morgan fingerprint density at radius 3 is 2.52 bits per heavy atom. The van der Waals surface area contributed by atoms with E-state index in [9.17, 15) is 4.79 Å². The van der Waals surface area contributed by atoms with Crippen LogP contribution in [0.4, 0.5) is 0 Å². The Morgan fingerprint density at radius 2 is 1.85 bits per heavy atom. The monoisotopic (exact) mass is 401 g/mol. The molecule has 138 valence electrons. The maximum absolute atomic E-state index is 12.0. The number of aromatic nitrogens is 3. The minimum Gasteiger partial charge on any atom is -0.267 e. The first-order valence-electron chi connectivity index (χ1n) is 8.17. The molecule has 6 nitrogen and oxygen atoms in total. The van der Waals surface area contributed by atoms with Gasteiger partial charge in [-0.25, -0.2) is 5.43 Å². The van der Waals surface area contributed by atoms with E-state index in [1.54, 1.807) is 48.9 Å². The Labute approximate surface area is 166 Å². The summed E-state index contributed by atoms with van der Waals surface area (Å²) in [7, 11) is 0. The SMILES string of the molecule is Cc1nn(Cc2c(Cl)cccc2Cl)c(C)c1/C=N\NC(=O)c1ccncc1. The normalized spacial score (nSPS) is 11.1. The van der Waals surface area contributed by atoms with E-state index in [1.807, 2.05) is 18.5 Å². The quantitative estimate of drug-likeness (QED) is 0.518. The topological polar surface area (TPSA) is 72.2 Å². The molecule has 0 saturated carbocycles. The third kappa shape index (κ3) is 4.35. The van der Waals surface area contributed by atoms with Gasteiger partial charge in [0, 0.05) is 44.8 Å². The molecule has 1 N–H and O–H groups in total. The third-order valence-electron chi connectivity index (χ3n) is 4.11. The van der Waals surface area contributed by atoms with E-state index in [4.69, 9.17) is 23.2 Å². The van der Waals surface area contributed by atoms with Gasteiger partial charge in [-0.15, -0.1) is 0 Å². The summed E-state index contributed by atoms with van der Waals surface area (Å²) in [5.41, 5.74) is 6.31. The average Bonchev–Trinajstić information content (AvgIpc) is 2.93. The molecule has 0 unspecified atom stereocenters. The number of aryl methyl sites for hydroxylation is 1.